The van der Waals surface area contributed by atoms with Crippen molar-refractivity contribution in [3.8, 4) is 0 Å². The quantitative estimate of drug-likeness (QED) is 0.623. The van der Waals surface area contributed by atoms with Gasteiger partial charge >= 0.3 is 5.97 Å². The smallest absolute Gasteiger partial charge is 0.330 e. The van der Waals surface area contributed by atoms with Crippen LogP contribution < -0.4 is 0 Å². The number of aliphatic hydroxyl groups is 1. The van der Waals surface area contributed by atoms with E-state index in [0.29, 0.717) is 6.61 Å². The molecule has 0 amide bonds. The Labute approximate surface area is 95.4 Å². The van der Waals surface area contributed by atoms with E-state index in [0.717, 1.165) is 5.56 Å². The zero-order chi connectivity index (χ0) is 12.0. The number of benzene rings is 1. The van der Waals surface area contributed by atoms with Crippen LogP contribution in [0.15, 0.2) is 42.5 Å². The average Bonchev–Trinajstić information content (AvgIpc) is 2.28. The van der Waals surface area contributed by atoms with Crippen LogP contribution in [0.3, 0.4) is 0 Å². The van der Waals surface area contributed by atoms with Crippen molar-refractivity contribution in [1.82, 2.24) is 0 Å². The predicted octanol–water partition coefficient (Wildman–Crippen LogP) is 2.01. The number of hydrogen-bond acceptors (Lipinski definition) is 3. The van der Waals surface area contributed by atoms with Gasteiger partial charge in [-0.15, -0.1) is 0 Å². The molecule has 1 aromatic carbocycles. The minimum absolute atomic E-state index is 0.330. The number of ether oxygens (including phenoxy) is 1. The van der Waals surface area contributed by atoms with Gasteiger partial charge in [0.05, 0.1) is 6.61 Å². The van der Waals surface area contributed by atoms with E-state index in [2.05, 4.69) is 0 Å². The zero-order valence-corrected chi connectivity index (χ0v) is 9.51. The van der Waals surface area contributed by atoms with Crippen molar-refractivity contribution < 1.29 is 14.6 Å². The molecule has 0 aliphatic carbocycles. The number of esters is 1. The Hall–Kier alpha value is -1.61. The third kappa shape index (κ3) is 3.51. The fraction of sp³-hybridized carbons (Fsp3) is 0.308. The van der Waals surface area contributed by atoms with Gasteiger partial charge in [-0.25, -0.2) is 4.79 Å². The van der Waals surface area contributed by atoms with Gasteiger partial charge in [0.15, 0.2) is 0 Å². The molecule has 0 unspecified atom stereocenters. The van der Waals surface area contributed by atoms with Gasteiger partial charge in [-0.3, -0.25) is 0 Å². The van der Waals surface area contributed by atoms with Crippen molar-refractivity contribution in [3.05, 3.63) is 48.0 Å². The van der Waals surface area contributed by atoms with Crippen LogP contribution in [0.5, 0.6) is 0 Å². The molecule has 0 fully saturated rings. The highest BCUT2D eigenvalue weighted by Crippen LogP contribution is 2.21. The van der Waals surface area contributed by atoms with Gasteiger partial charge < -0.3 is 9.84 Å². The van der Waals surface area contributed by atoms with Crippen LogP contribution in [0.1, 0.15) is 19.4 Å². The summed E-state index contributed by atoms with van der Waals surface area (Å²) in [6.07, 6.45) is 2.68. The molecule has 16 heavy (non-hydrogen) atoms. The van der Waals surface area contributed by atoms with Gasteiger partial charge in [-0.05, 0) is 25.5 Å². The Bertz CT molecular complexity index is 366. The third-order valence-corrected chi connectivity index (χ3v) is 2.19. The molecule has 0 aliphatic heterocycles. The van der Waals surface area contributed by atoms with Crippen LogP contribution in [0, 0.1) is 0 Å². The minimum atomic E-state index is -1.16. The number of rotatable bonds is 4. The summed E-state index contributed by atoms with van der Waals surface area (Å²) >= 11 is 0. The predicted molar refractivity (Wildman–Crippen MR) is 61.8 cm³/mol. The fourth-order valence-corrected chi connectivity index (χ4v) is 1.29. The molecule has 0 radical (unpaired) electrons. The number of hydrogen-bond donors (Lipinski definition) is 1. The van der Waals surface area contributed by atoms with Crippen molar-refractivity contribution in [3.63, 3.8) is 0 Å². The van der Waals surface area contributed by atoms with Crippen LogP contribution in [0.4, 0.5) is 0 Å². The van der Waals surface area contributed by atoms with Crippen molar-refractivity contribution in [2.24, 2.45) is 0 Å². The highest BCUT2D eigenvalue weighted by Gasteiger charge is 2.19. The second-order valence-corrected chi connectivity index (χ2v) is 3.60. The molecule has 0 bridgehead atoms. The third-order valence-electron chi connectivity index (χ3n) is 2.19. The standard InChI is InChI=1S/C13H16O3/c1-3-16-12(14)9-10-13(2,15)11-7-5-4-6-8-11/h4-10,15H,3H2,1-2H3/b10-9+/t13-/m0/s1. The Morgan fingerprint density at radius 1 is 1.44 bits per heavy atom. The molecule has 86 valence electrons. The molecule has 0 saturated carbocycles. The number of carbonyl (C=O) groups is 1. The van der Waals surface area contributed by atoms with Gasteiger partial charge in [-0.2, -0.15) is 0 Å². The Morgan fingerprint density at radius 2 is 2.06 bits per heavy atom. The maximum atomic E-state index is 11.1. The summed E-state index contributed by atoms with van der Waals surface area (Å²) in [5.41, 5.74) is -0.427. The van der Waals surface area contributed by atoms with Crippen LogP contribution >= 0.6 is 0 Å². The molecule has 0 heterocycles. The second-order valence-electron chi connectivity index (χ2n) is 3.60. The summed E-state index contributed by atoms with van der Waals surface area (Å²) in [4.78, 5) is 11.1. The van der Waals surface area contributed by atoms with E-state index in [1.165, 1.54) is 12.2 Å². The van der Waals surface area contributed by atoms with E-state index in [-0.39, 0.29) is 0 Å². The van der Waals surface area contributed by atoms with Crippen LogP contribution in [-0.2, 0) is 15.1 Å². The molecular weight excluding hydrogens is 204 g/mol. The highest BCUT2D eigenvalue weighted by molar-refractivity contribution is 5.82. The SMILES string of the molecule is CCOC(=O)/C=C/[C@](C)(O)c1ccccc1. The molecule has 0 saturated heterocycles. The van der Waals surface area contributed by atoms with Gasteiger partial charge in [0.1, 0.15) is 5.60 Å². The zero-order valence-electron chi connectivity index (χ0n) is 9.51. The first-order chi connectivity index (χ1) is 7.56. The first-order valence-corrected chi connectivity index (χ1v) is 5.20. The van der Waals surface area contributed by atoms with E-state index in [9.17, 15) is 9.90 Å². The maximum absolute atomic E-state index is 11.1. The molecule has 3 heteroatoms. The molecular formula is C13H16O3. The van der Waals surface area contributed by atoms with Gasteiger partial charge in [0.25, 0.3) is 0 Å². The van der Waals surface area contributed by atoms with Gasteiger partial charge in [0, 0.05) is 6.08 Å². The Morgan fingerprint density at radius 3 is 2.62 bits per heavy atom. The van der Waals surface area contributed by atoms with E-state index in [4.69, 9.17) is 4.74 Å². The molecule has 1 N–H and O–H groups in total. The van der Waals surface area contributed by atoms with Crippen LogP contribution in [-0.4, -0.2) is 17.7 Å². The van der Waals surface area contributed by atoms with Gasteiger partial charge in [-0.1, -0.05) is 30.3 Å². The average molecular weight is 220 g/mol. The Balaban J connectivity index is 2.76. The normalized spacial score (nSPS) is 14.7. The first-order valence-electron chi connectivity index (χ1n) is 5.20. The monoisotopic (exact) mass is 220 g/mol. The summed E-state index contributed by atoms with van der Waals surface area (Å²) < 4.78 is 4.74. The van der Waals surface area contributed by atoms with E-state index >= 15 is 0 Å². The molecule has 3 nitrogen and oxygen atoms in total. The maximum Gasteiger partial charge on any atom is 0.330 e. The lowest BCUT2D eigenvalue weighted by Crippen LogP contribution is -2.18. The van der Waals surface area contributed by atoms with Crippen LogP contribution in [0.25, 0.3) is 0 Å². The summed E-state index contributed by atoms with van der Waals surface area (Å²) in [5, 5.41) is 10.1. The summed E-state index contributed by atoms with van der Waals surface area (Å²) in [6, 6.07) is 9.14. The summed E-state index contributed by atoms with van der Waals surface area (Å²) in [5.74, 6) is -0.446. The lowest BCUT2D eigenvalue weighted by Gasteiger charge is -2.19. The first kappa shape index (κ1) is 12.5. The molecule has 1 rings (SSSR count). The molecule has 0 aromatic heterocycles. The largest absolute Gasteiger partial charge is 0.463 e. The summed E-state index contributed by atoms with van der Waals surface area (Å²) in [6.45, 7) is 3.69. The molecule has 1 aromatic rings. The molecule has 0 spiro atoms. The van der Waals surface area contributed by atoms with E-state index in [1.807, 2.05) is 18.2 Å². The van der Waals surface area contributed by atoms with E-state index in [1.54, 1.807) is 26.0 Å². The fourth-order valence-electron chi connectivity index (χ4n) is 1.29. The van der Waals surface area contributed by atoms with E-state index < -0.39 is 11.6 Å². The van der Waals surface area contributed by atoms with Crippen molar-refractivity contribution in [2.45, 2.75) is 19.4 Å². The Kier molecular flexibility index (Phi) is 4.26. The second kappa shape index (κ2) is 5.47. The van der Waals surface area contributed by atoms with Gasteiger partial charge in [0.2, 0.25) is 0 Å². The number of carbonyl (C=O) groups excluding carboxylic acids is 1. The van der Waals surface area contributed by atoms with Crippen molar-refractivity contribution in [2.75, 3.05) is 6.61 Å². The van der Waals surface area contributed by atoms with Crippen LogP contribution in [0.2, 0.25) is 0 Å². The summed E-state index contributed by atoms with van der Waals surface area (Å²) in [7, 11) is 0. The lowest BCUT2D eigenvalue weighted by atomic mass is 9.96. The minimum Gasteiger partial charge on any atom is -0.463 e. The highest BCUT2D eigenvalue weighted by atomic mass is 16.5. The van der Waals surface area contributed by atoms with Crippen molar-refractivity contribution in [1.29, 1.82) is 0 Å². The lowest BCUT2D eigenvalue weighted by molar-refractivity contribution is -0.137. The molecule has 1 atom stereocenters. The molecule has 0 aliphatic rings. The van der Waals surface area contributed by atoms with Crippen molar-refractivity contribution >= 4 is 5.97 Å². The topological polar surface area (TPSA) is 46.5 Å².